The van der Waals surface area contributed by atoms with Gasteiger partial charge in [0.1, 0.15) is 16.9 Å². The van der Waals surface area contributed by atoms with Crippen LogP contribution in [0.5, 0.6) is 0 Å². The van der Waals surface area contributed by atoms with E-state index in [4.69, 9.17) is 21.6 Å². The summed E-state index contributed by atoms with van der Waals surface area (Å²) in [5.74, 6) is -0.498. The van der Waals surface area contributed by atoms with E-state index in [1.807, 2.05) is 11.0 Å². The first-order valence-corrected chi connectivity index (χ1v) is 5.32. The standard InChI is InChI=1S/C11H10ClFN2O/c12-10-9(13)2-1-8(7-14)11(10)15-3-5-16-6-4-15/h1-2H,3-6H2. The third kappa shape index (κ3) is 1.97. The van der Waals surface area contributed by atoms with Gasteiger partial charge in [-0.1, -0.05) is 11.6 Å². The maximum Gasteiger partial charge on any atom is 0.144 e. The van der Waals surface area contributed by atoms with Gasteiger partial charge in [0.05, 0.1) is 24.5 Å². The number of ether oxygens (including phenoxy) is 1. The summed E-state index contributed by atoms with van der Waals surface area (Å²) in [7, 11) is 0. The molecule has 2 rings (SSSR count). The Bertz CT molecular complexity index is 438. The van der Waals surface area contributed by atoms with Crippen LogP contribution in [0.25, 0.3) is 0 Å². The topological polar surface area (TPSA) is 36.3 Å². The van der Waals surface area contributed by atoms with E-state index in [9.17, 15) is 4.39 Å². The van der Waals surface area contributed by atoms with Crippen molar-refractivity contribution in [1.82, 2.24) is 0 Å². The molecule has 1 saturated heterocycles. The average Bonchev–Trinajstić information content (AvgIpc) is 2.33. The highest BCUT2D eigenvalue weighted by molar-refractivity contribution is 6.33. The van der Waals surface area contributed by atoms with Crippen LogP contribution in [0.2, 0.25) is 5.02 Å². The van der Waals surface area contributed by atoms with Gasteiger partial charge >= 0.3 is 0 Å². The van der Waals surface area contributed by atoms with Crippen LogP contribution in [0.3, 0.4) is 0 Å². The summed E-state index contributed by atoms with van der Waals surface area (Å²) in [6.45, 7) is 2.38. The third-order valence-electron chi connectivity index (χ3n) is 2.52. The van der Waals surface area contributed by atoms with Crippen molar-refractivity contribution in [2.24, 2.45) is 0 Å². The first-order valence-electron chi connectivity index (χ1n) is 4.95. The smallest absolute Gasteiger partial charge is 0.144 e. The van der Waals surface area contributed by atoms with Crippen molar-refractivity contribution in [2.75, 3.05) is 31.2 Å². The fourth-order valence-corrected chi connectivity index (χ4v) is 2.01. The molecule has 1 aromatic carbocycles. The average molecular weight is 241 g/mol. The van der Waals surface area contributed by atoms with Crippen molar-refractivity contribution in [1.29, 1.82) is 5.26 Å². The van der Waals surface area contributed by atoms with E-state index in [0.717, 1.165) is 0 Å². The van der Waals surface area contributed by atoms with Crippen LogP contribution in [0.4, 0.5) is 10.1 Å². The van der Waals surface area contributed by atoms with Crippen molar-refractivity contribution in [3.63, 3.8) is 0 Å². The fraction of sp³-hybridized carbons (Fsp3) is 0.364. The van der Waals surface area contributed by atoms with Gasteiger partial charge in [0, 0.05) is 13.1 Å². The fourth-order valence-electron chi connectivity index (χ4n) is 1.73. The summed E-state index contributed by atoms with van der Waals surface area (Å²) in [5, 5.41) is 8.99. The lowest BCUT2D eigenvalue weighted by Crippen LogP contribution is -2.37. The Kier molecular flexibility index (Phi) is 3.28. The third-order valence-corrected chi connectivity index (χ3v) is 2.88. The summed E-state index contributed by atoms with van der Waals surface area (Å²) < 4.78 is 18.6. The zero-order chi connectivity index (χ0) is 11.5. The van der Waals surface area contributed by atoms with E-state index < -0.39 is 5.82 Å². The number of benzene rings is 1. The molecule has 1 heterocycles. The van der Waals surface area contributed by atoms with Crippen molar-refractivity contribution in [3.8, 4) is 6.07 Å². The molecular formula is C11H10ClFN2O. The van der Waals surface area contributed by atoms with Gasteiger partial charge in [-0.3, -0.25) is 0 Å². The Hall–Kier alpha value is -1.31. The molecule has 1 aliphatic rings. The highest BCUT2D eigenvalue weighted by Crippen LogP contribution is 2.32. The van der Waals surface area contributed by atoms with Crippen LogP contribution in [-0.2, 0) is 4.74 Å². The van der Waals surface area contributed by atoms with Gasteiger partial charge in [0.15, 0.2) is 0 Å². The second-order valence-electron chi connectivity index (χ2n) is 3.47. The van der Waals surface area contributed by atoms with Crippen LogP contribution in [0, 0.1) is 17.1 Å². The first kappa shape index (κ1) is 11.2. The second-order valence-corrected chi connectivity index (χ2v) is 3.85. The van der Waals surface area contributed by atoms with E-state index in [2.05, 4.69) is 0 Å². The van der Waals surface area contributed by atoms with Crippen LogP contribution < -0.4 is 4.90 Å². The lowest BCUT2D eigenvalue weighted by molar-refractivity contribution is 0.122. The van der Waals surface area contributed by atoms with Gasteiger partial charge in [0.25, 0.3) is 0 Å². The highest BCUT2D eigenvalue weighted by Gasteiger charge is 2.20. The molecule has 5 heteroatoms. The van der Waals surface area contributed by atoms with Crippen molar-refractivity contribution in [2.45, 2.75) is 0 Å². The Morgan fingerprint density at radius 3 is 2.69 bits per heavy atom. The van der Waals surface area contributed by atoms with Crippen LogP contribution in [0.15, 0.2) is 12.1 Å². The Morgan fingerprint density at radius 1 is 1.38 bits per heavy atom. The van der Waals surface area contributed by atoms with Crippen LogP contribution in [-0.4, -0.2) is 26.3 Å². The van der Waals surface area contributed by atoms with Crippen LogP contribution >= 0.6 is 11.6 Å². The predicted molar refractivity (Wildman–Crippen MR) is 59.2 cm³/mol. The Morgan fingerprint density at radius 2 is 2.06 bits per heavy atom. The van der Waals surface area contributed by atoms with Crippen LogP contribution in [0.1, 0.15) is 5.56 Å². The largest absolute Gasteiger partial charge is 0.378 e. The van der Waals surface area contributed by atoms with Gasteiger partial charge in [-0.05, 0) is 12.1 Å². The normalized spacial score (nSPS) is 15.9. The number of nitriles is 1. The molecule has 0 saturated carbocycles. The minimum atomic E-state index is -0.498. The first-order chi connectivity index (χ1) is 7.74. The molecule has 0 amide bonds. The number of morpholine rings is 1. The van der Waals surface area contributed by atoms with E-state index in [-0.39, 0.29) is 5.02 Å². The molecule has 84 valence electrons. The lowest BCUT2D eigenvalue weighted by atomic mass is 10.1. The molecule has 0 radical (unpaired) electrons. The number of anilines is 1. The maximum absolute atomic E-state index is 13.4. The molecule has 0 spiro atoms. The molecule has 0 N–H and O–H groups in total. The summed E-state index contributed by atoms with van der Waals surface area (Å²) in [5.41, 5.74) is 0.876. The van der Waals surface area contributed by atoms with E-state index >= 15 is 0 Å². The summed E-state index contributed by atoms with van der Waals surface area (Å²) in [6, 6.07) is 4.69. The van der Waals surface area contributed by atoms with Gasteiger partial charge in [-0.25, -0.2) is 4.39 Å². The molecule has 1 aliphatic heterocycles. The number of halogens is 2. The minimum absolute atomic E-state index is 0.0148. The molecule has 0 bridgehead atoms. The zero-order valence-corrected chi connectivity index (χ0v) is 9.30. The molecule has 16 heavy (non-hydrogen) atoms. The Balaban J connectivity index is 2.44. The highest BCUT2D eigenvalue weighted by atomic mass is 35.5. The lowest BCUT2D eigenvalue weighted by Gasteiger charge is -2.30. The maximum atomic E-state index is 13.4. The van der Waals surface area contributed by atoms with Gasteiger partial charge < -0.3 is 9.64 Å². The summed E-state index contributed by atoms with van der Waals surface area (Å²) >= 11 is 5.90. The van der Waals surface area contributed by atoms with Crippen molar-refractivity contribution in [3.05, 3.63) is 28.5 Å². The van der Waals surface area contributed by atoms with Crippen molar-refractivity contribution >= 4 is 17.3 Å². The quantitative estimate of drug-likeness (QED) is 0.755. The predicted octanol–water partition coefficient (Wildman–Crippen LogP) is 2.19. The van der Waals surface area contributed by atoms with Gasteiger partial charge in [-0.2, -0.15) is 5.26 Å². The van der Waals surface area contributed by atoms with E-state index in [1.54, 1.807) is 0 Å². The zero-order valence-electron chi connectivity index (χ0n) is 8.54. The number of hydrogen-bond acceptors (Lipinski definition) is 3. The van der Waals surface area contributed by atoms with E-state index in [0.29, 0.717) is 37.6 Å². The number of rotatable bonds is 1. The SMILES string of the molecule is N#Cc1ccc(F)c(Cl)c1N1CCOCC1. The molecule has 1 aromatic rings. The second kappa shape index (κ2) is 4.69. The monoisotopic (exact) mass is 240 g/mol. The minimum Gasteiger partial charge on any atom is -0.378 e. The number of hydrogen-bond donors (Lipinski definition) is 0. The van der Waals surface area contributed by atoms with E-state index in [1.165, 1.54) is 12.1 Å². The van der Waals surface area contributed by atoms with Gasteiger partial charge in [-0.15, -0.1) is 0 Å². The molecule has 0 aromatic heterocycles. The number of nitrogens with zero attached hydrogens (tertiary/aromatic N) is 2. The molecule has 1 fully saturated rings. The van der Waals surface area contributed by atoms with Crippen molar-refractivity contribution < 1.29 is 9.13 Å². The molecule has 0 unspecified atom stereocenters. The summed E-state index contributed by atoms with van der Waals surface area (Å²) in [6.07, 6.45) is 0. The molecule has 3 nitrogen and oxygen atoms in total. The molecule has 0 atom stereocenters. The Labute approximate surface area is 98.0 Å². The van der Waals surface area contributed by atoms with Gasteiger partial charge in [0.2, 0.25) is 0 Å². The molecule has 0 aliphatic carbocycles. The molecular weight excluding hydrogens is 231 g/mol. The summed E-state index contributed by atoms with van der Waals surface area (Å²) in [4.78, 5) is 1.88.